The van der Waals surface area contributed by atoms with Gasteiger partial charge in [-0.3, -0.25) is 0 Å². The Morgan fingerprint density at radius 3 is 1.83 bits per heavy atom. The van der Waals surface area contributed by atoms with Crippen molar-refractivity contribution in [3.8, 4) is 67.4 Å². The molecule has 52 heavy (non-hydrogen) atoms. The molecule has 4 heteroatoms. The van der Waals surface area contributed by atoms with Gasteiger partial charge in [0.15, 0.2) is 0 Å². The highest BCUT2D eigenvalue weighted by Gasteiger charge is 2.24. The van der Waals surface area contributed by atoms with E-state index in [0.717, 1.165) is 61.5 Å². The Hall–Kier alpha value is -6.78. The highest BCUT2D eigenvalue weighted by Crippen LogP contribution is 2.38. The molecule has 2 heterocycles. The molecule has 0 fully saturated rings. The predicted octanol–water partition coefficient (Wildman–Crippen LogP) is 10.9. The van der Waals surface area contributed by atoms with E-state index in [-0.39, 0.29) is 5.75 Å². The summed E-state index contributed by atoms with van der Waals surface area (Å²) in [4.78, 5) is 0. The van der Waals surface area contributed by atoms with Crippen molar-refractivity contribution in [3.63, 3.8) is 0 Å². The average Bonchev–Trinajstić information content (AvgIpc) is 3.55. The average molecular weight is 665 g/mol. The van der Waals surface area contributed by atoms with Crippen LogP contribution >= 0.6 is 0 Å². The standard InChI is InChI=1S/C48H31BNO2/c51-45-26-24-33(32-14-10-15-35(28-32)50-43-21-8-6-18-38(43)39-19-7-9-22-44(39)50)29-41(45)40-20-11-23-47-48(40)49-42-30-34(25-27-46(42)52-47)37-17-5-4-16-36(37)31-12-2-1-3-13-31/h1-30,51H. The van der Waals surface area contributed by atoms with Crippen LogP contribution in [0, 0.1) is 0 Å². The number of rotatable bonds is 5. The number of phenolic OH excluding ortho intramolecular Hbond substituents is 1. The van der Waals surface area contributed by atoms with Crippen molar-refractivity contribution in [1.29, 1.82) is 0 Å². The summed E-state index contributed by atoms with van der Waals surface area (Å²) < 4.78 is 8.84. The van der Waals surface area contributed by atoms with E-state index in [4.69, 9.17) is 4.74 Å². The molecule has 0 aliphatic carbocycles. The summed E-state index contributed by atoms with van der Waals surface area (Å²) in [5.74, 6) is 1.80. The van der Waals surface area contributed by atoms with Crippen molar-refractivity contribution in [2.75, 3.05) is 0 Å². The molecule has 9 aromatic rings. The van der Waals surface area contributed by atoms with Crippen LogP contribution in [0.4, 0.5) is 0 Å². The summed E-state index contributed by atoms with van der Waals surface area (Å²) in [5.41, 5.74) is 13.8. The summed E-state index contributed by atoms with van der Waals surface area (Å²) in [6.45, 7) is 0. The van der Waals surface area contributed by atoms with Gasteiger partial charge in [-0.1, -0.05) is 133 Å². The minimum absolute atomic E-state index is 0.223. The lowest BCUT2D eigenvalue weighted by Crippen LogP contribution is -2.35. The Balaban J connectivity index is 1.03. The lowest BCUT2D eigenvalue weighted by atomic mass is 9.59. The number of aromatic nitrogens is 1. The normalized spacial score (nSPS) is 11.8. The number of benzene rings is 8. The maximum Gasteiger partial charge on any atom is 0.202 e. The molecule has 0 atom stereocenters. The van der Waals surface area contributed by atoms with Crippen molar-refractivity contribution in [1.82, 2.24) is 4.57 Å². The number of hydrogen-bond donors (Lipinski definition) is 1. The molecule has 1 aromatic heterocycles. The fourth-order valence-corrected chi connectivity index (χ4v) is 7.77. The van der Waals surface area contributed by atoms with Crippen LogP contribution in [-0.4, -0.2) is 17.0 Å². The van der Waals surface area contributed by atoms with Crippen LogP contribution in [0.1, 0.15) is 0 Å². The molecule has 0 spiro atoms. The Morgan fingerprint density at radius 2 is 1.04 bits per heavy atom. The van der Waals surface area contributed by atoms with E-state index in [9.17, 15) is 5.11 Å². The van der Waals surface area contributed by atoms with Gasteiger partial charge in [0.2, 0.25) is 7.28 Å². The SMILES string of the molecule is Oc1ccc(-c2cccc(-n3c4ccccc4c4ccccc43)c2)cc1-c1cccc2c1[B]c1cc(-c3ccccc3-c3ccccc3)ccc1O2. The van der Waals surface area contributed by atoms with Crippen molar-refractivity contribution in [3.05, 3.63) is 182 Å². The summed E-state index contributed by atoms with van der Waals surface area (Å²) >= 11 is 0. The Kier molecular flexibility index (Phi) is 7.07. The van der Waals surface area contributed by atoms with Crippen LogP contribution in [0.25, 0.3) is 72.0 Å². The molecule has 8 aromatic carbocycles. The molecule has 0 unspecified atom stereocenters. The summed E-state index contributed by atoms with van der Waals surface area (Å²) in [6, 6.07) is 63.1. The molecule has 0 bridgehead atoms. The molecule has 0 amide bonds. The molecule has 1 aliphatic heterocycles. The second-order valence-electron chi connectivity index (χ2n) is 13.3. The van der Waals surface area contributed by atoms with Crippen LogP contribution in [0.5, 0.6) is 17.2 Å². The second kappa shape index (κ2) is 12.2. The topological polar surface area (TPSA) is 34.4 Å². The van der Waals surface area contributed by atoms with E-state index in [1.807, 2.05) is 24.3 Å². The molecule has 1 radical (unpaired) electrons. The molecule has 3 nitrogen and oxygen atoms in total. The van der Waals surface area contributed by atoms with Crippen LogP contribution in [0.3, 0.4) is 0 Å². The van der Waals surface area contributed by atoms with E-state index < -0.39 is 0 Å². The third kappa shape index (κ3) is 4.99. The van der Waals surface area contributed by atoms with Gasteiger partial charge >= 0.3 is 0 Å². The first-order chi connectivity index (χ1) is 25.7. The summed E-state index contributed by atoms with van der Waals surface area (Å²) in [7, 11) is 2.19. The van der Waals surface area contributed by atoms with E-state index in [2.05, 4.69) is 164 Å². The Bertz CT molecular complexity index is 2770. The monoisotopic (exact) mass is 664 g/mol. The van der Waals surface area contributed by atoms with Crippen molar-refractivity contribution in [2.24, 2.45) is 0 Å². The molecule has 1 N–H and O–H groups in total. The van der Waals surface area contributed by atoms with Gasteiger partial charge < -0.3 is 14.4 Å². The molecular formula is C48H31BNO2. The Labute approximate surface area is 302 Å². The zero-order chi connectivity index (χ0) is 34.6. The van der Waals surface area contributed by atoms with Gasteiger partial charge in [-0.05, 0) is 98.4 Å². The highest BCUT2D eigenvalue weighted by molar-refractivity contribution is 6.71. The first-order valence-corrected chi connectivity index (χ1v) is 17.6. The lowest BCUT2D eigenvalue weighted by Gasteiger charge is -2.24. The van der Waals surface area contributed by atoms with Crippen LogP contribution in [-0.2, 0) is 0 Å². The number of fused-ring (bicyclic) bond motifs is 5. The largest absolute Gasteiger partial charge is 0.507 e. The highest BCUT2D eigenvalue weighted by atomic mass is 16.5. The number of para-hydroxylation sites is 2. The maximum atomic E-state index is 11.3. The lowest BCUT2D eigenvalue weighted by molar-refractivity contribution is 0.477. The third-order valence-corrected chi connectivity index (χ3v) is 10.2. The first-order valence-electron chi connectivity index (χ1n) is 17.6. The third-order valence-electron chi connectivity index (χ3n) is 10.2. The van der Waals surface area contributed by atoms with Gasteiger partial charge in [-0.2, -0.15) is 0 Å². The summed E-state index contributed by atoms with van der Waals surface area (Å²) in [6.07, 6.45) is 0. The van der Waals surface area contributed by atoms with Crippen LogP contribution < -0.4 is 15.7 Å². The number of nitrogens with zero attached hydrogens (tertiary/aromatic N) is 1. The molecule has 1 aliphatic rings. The van der Waals surface area contributed by atoms with Gasteiger partial charge in [0.1, 0.15) is 17.2 Å². The predicted molar refractivity (Wildman–Crippen MR) is 216 cm³/mol. The van der Waals surface area contributed by atoms with Crippen molar-refractivity contribution >= 4 is 40.0 Å². The number of phenols is 1. The fourth-order valence-electron chi connectivity index (χ4n) is 7.77. The van der Waals surface area contributed by atoms with E-state index in [0.29, 0.717) is 0 Å². The van der Waals surface area contributed by atoms with Gasteiger partial charge in [0.05, 0.1) is 11.0 Å². The molecule has 10 rings (SSSR count). The number of hydrogen-bond acceptors (Lipinski definition) is 2. The zero-order valence-corrected chi connectivity index (χ0v) is 28.2. The summed E-state index contributed by atoms with van der Waals surface area (Å²) in [5, 5.41) is 13.8. The molecular weight excluding hydrogens is 633 g/mol. The van der Waals surface area contributed by atoms with E-state index in [1.165, 1.54) is 32.9 Å². The maximum absolute atomic E-state index is 11.3. The second-order valence-corrected chi connectivity index (χ2v) is 13.3. The van der Waals surface area contributed by atoms with Gasteiger partial charge in [-0.15, -0.1) is 0 Å². The van der Waals surface area contributed by atoms with Crippen molar-refractivity contribution < 1.29 is 9.84 Å². The molecule has 0 saturated carbocycles. The zero-order valence-electron chi connectivity index (χ0n) is 28.2. The molecule has 243 valence electrons. The van der Waals surface area contributed by atoms with Crippen LogP contribution in [0.2, 0.25) is 0 Å². The van der Waals surface area contributed by atoms with Crippen molar-refractivity contribution in [2.45, 2.75) is 0 Å². The minimum atomic E-state index is 0.223. The number of ether oxygens (including phenoxy) is 1. The Morgan fingerprint density at radius 1 is 0.423 bits per heavy atom. The molecule has 0 saturated heterocycles. The van der Waals surface area contributed by atoms with Crippen LogP contribution in [0.15, 0.2) is 182 Å². The van der Waals surface area contributed by atoms with Gasteiger partial charge in [-0.25, -0.2) is 0 Å². The van der Waals surface area contributed by atoms with E-state index in [1.54, 1.807) is 6.07 Å². The van der Waals surface area contributed by atoms with Gasteiger partial charge in [0.25, 0.3) is 0 Å². The quantitative estimate of drug-likeness (QED) is 0.186. The van der Waals surface area contributed by atoms with Gasteiger partial charge in [0, 0.05) is 22.0 Å². The van der Waals surface area contributed by atoms with E-state index >= 15 is 0 Å². The smallest absolute Gasteiger partial charge is 0.202 e. The minimum Gasteiger partial charge on any atom is -0.507 e. The first kappa shape index (κ1) is 30.1. The fraction of sp³-hybridized carbons (Fsp3) is 0. The number of aromatic hydroxyl groups is 1.